The first-order valence-corrected chi connectivity index (χ1v) is 8.85. The van der Waals surface area contributed by atoms with Gasteiger partial charge in [-0.25, -0.2) is 4.98 Å². The lowest BCUT2D eigenvalue weighted by atomic mass is 10.0. The third kappa shape index (κ3) is 4.89. The standard InChI is InChI=1S/C18H23N3O2S/c1-11(2)17(23)21-18-20-14(10-24-18)9-16(22)19-13(4)15-8-6-5-7-12(15)3/h5-8,10-11,13H,9H2,1-4H3,(H,19,22)(H,20,21,23)/t13-/m0/s1. The summed E-state index contributed by atoms with van der Waals surface area (Å²) < 4.78 is 0. The maximum atomic E-state index is 12.2. The average molecular weight is 345 g/mol. The summed E-state index contributed by atoms with van der Waals surface area (Å²) in [5.74, 6) is -0.262. The van der Waals surface area contributed by atoms with Gasteiger partial charge in [0.25, 0.3) is 0 Å². The van der Waals surface area contributed by atoms with Gasteiger partial charge in [-0.05, 0) is 25.0 Å². The molecule has 0 unspecified atom stereocenters. The van der Waals surface area contributed by atoms with Crippen LogP contribution in [0, 0.1) is 12.8 Å². The Balaban J connectivity index is 1.92. The first-order valence-electron chi connectivity index (χ1n) is 7.97. The zero-order valence-electron chi connectivity index (χ0n) is 14.4. The van der Waals surface area contributed by atoms with Gasteiger partial charge in [0.1, 0.15) is 0 Å². The molecular weight excluding hydrogens is 322 g/mol. The second-order valence-corrected chi connectivity index (χ2v) is 6.97. The van der Waals surface area contributed by atoms with Gasteiger partial charge in [-0.15, -0.1) is 11.3 Å². The fraction of sp³-hybridized carbons (Fsp3) is 0.389. The Labute approximate surface area is 146 Å². The van der Waals surface area contributed by atoms with Crippen LogP contribution in [-0.2, 0) is 16.0 Å². The highest BCUT2D eigenvalue weighted by atomic mass is 32.1. The van der Waals surface area contributed by atoms with Crippen molar-refractivity contribution in [3.05, 3.63) is 46.5 Å². The highest BCUT2D eigenvalue weighted by molar-refractivity contribution is 7.13. The van der Waals surface area contributed by atoms with E-state index in [-0.39, 0.29) is 30.2 Å². The molecule has 24 heavy (non-hydrogen) atoms. The first-order chi connectivity index (χ1) is 11.4. The van der Waals surface area contributed by atoms with Crippen LogP contribution in [0.4, 0.5) is 5.13 Å². The smallest absolute Gasteiger partial charge is 0.228 e. The fourth-order valence-electron chi connectivity index (χ4n) is 2.30. The molecule has 2 N–H and O–H groups in total. The normalized spacial score (nSPS) is 12.0. The number of nitrogens with one attached hydrogen (secondary N) is 2. The highest BCUT2D eigenvalue weighted by Gasteiger charge is 2.14. The molecule has 0 radical (unpaired) electrons. The minimum absolute atomic E-state index is 0.0579. The van der Waals surface area contributed by atoms with E-state index in [4.69, 9.17) is 0 Å². The summed E-state index contributed by atoms with van der Waals surface area (Å²) in [6.45, 7) is 7.65. The number of amides is 2. The van der Waals surface area contributed by atoms with Crippen molar-refractivity contribution in [1.29, 1.82) is 0 Å². The van der Waals surface area contributed by atoms with Gasteiger partial charge in [0.05, 0.1) is 18.2 Å². The maximum Gasteiger partial charge on any atom is 0.228 e. The van der Waals surface area contributed by atoms with E-state index in [1.165, 1.54) is 11.3 Å². The molecule has 1 aromatic heterocycles. The number of hydrogen-bond acceptors (Lipinski definition) is 4. The van der Waals surface area contributed by atoms with Crippen LogP contribution in [0.2, 0.25) is 0 Å². The van der Waals surface area contributed by atoms with E-state index in [2.05, 4.69) is 15.6 Å². The van der Waals surface area contributed by atoms with Gasteiger partial charge in [-0.2, -0.15) is 0 Å². The quantitative estimate of drug-likeness (QED) is 0.842. The predicted octanol–water partition coefficient (Wildman–Crippen LogP) is 3.47. The molecule has 2 aromatic rings. The van der Waals surface area contributed by atoms with E-state index in [1.807, 2.05) is 52.0 Å². The summed E-state index contributed by atoms with van der Waals surface area (Å²) in [7, 11) is 0. The van der Waals surface area contributed by atoms with E-state index in [9.17, 15) is 9.59 Å². The molecule has 6 heteroatoms. The second-order valence-electron chi connectivity index (χ2n) is 6.11. The van der Waals surface area contributed by atoms with Crippen LogP contribution >= 0.6 is 11.3 Å². The number of nitrogens with zero attached hydrogens (tertiary/aromatic N) is 1. The summed E-state index contributed by atoms with van der Waals surface area (Å²) >= 11 is 1.33. The van der Waals surface area contributed by atoms with Crippen LogP contribution in [0.1, 0.15) is 43.6 Å². The first kappa shape index (κ1) is 18.1. The lowest BCUT2D eigenvalue weighted by Crippen LogP contribution is -2.28. The highest BCUT2D eigenvalue weighted by Crippen LogP contribution is 2.19. The molecule has 0 bridgehead atoms. The third-order valence-electron chi connectivity index (χ3n) is 3.68. The van der Waals surface area contributed by atoms with Crippen molar-refractivity contribution in [2.75, 3.05) is 5.32 Å². The van der Waals surface area contributed by atoms with Gasteiger partial charge in [-0.1, -0.05) is 38.1 Å². The molecule has 2 rings (SSSR count). The van der Waals surface area contributed by atoms with Crippen LogP contribution in [0.5, 0.6) is 0 Å². The molecule has 1 atom stereocenters. The Bertz CT molecular complexity index is 725. The summed E-state index contributed by atoms with van der Waals surface area (Å²) in [6.07, 6.45) is 0.199. The minimum atomic E-state index is -0.101. The Morgan fingerprint density at radius 3 is 2.58 bits per heavy atom. The molecule has 0 fully saturated rings. The molecule has 0 aliphatic heterocycles. The second kappa shape index (κ2) is 8.06. The maximum absolute atomic E-state index is 12.2. The van der Waals surface area contributed by atoms with Crippen LogP contribution in [-0.4, -0.2) is 16.8 Å². The van der Waals surface area contributed by atoms with Crippen LogP contribution in [0.3, 0.4) is 0 Å². The number of aromatic nitrogens is 1. The Kier molecular flexibility index (Phi) is 6.09. The number of benzene rings is 1. The predicted molar refractivity (Wildman–Crippen MR) is 97.0 cm³/mol. The number of anilines is 1. The summed E-state index contributed by atoms with van der Waals surface area (Å²) in [5, 5.41) is 8.07. The van der Waals surface area contributed by atoms with E-state index in [0.29, 0.717) is 10.8 Å². The van der Waals surface area contributed by atoms with Gasteiger partial charge < -0.3 is 10.6 Å². The van der Waals surface area contributed by atoms with Crippen molar-refractivity contribution in [2.45, 2.75) is 40.2 Å². The van der Waals surface area contributed by atoms with E-state index in [1.54, 1.807) is 5.38 Å². The van der Waals surface area contributed by atoms with E-state index in [0.717, 1.165) is 11.1 Å². The Morgan fingerprint density at radius 1 is 1.21 bits per heavy atom. The summed E-state index contributed by atoms with van der Waals surface area (Å²) in [5.41, 5.74) is 2.92. The average Bonchev–Trinajstić information content (AvgIpc) is 2.94. The molecule has 0 spiro atoms. The molecule has 0 aliphatic rings. The topological polar surface area (TPSA) is 71.1 Å². The SMILES string of the molecule is Cc1ccccc1[C@H](C)NC(=O)Cc1csc(NC(=O)C(C)C)n1. The minimum Gasteiger partial charge on any atom is -0.349 e. The molecule has 0 saturated heterocycles. The van der Waals surface area contributed by atoms with Crippen LogP contribution < -0.4 is 10.6 Å². The largest absolute Gasteiger partial charge is 0.349 e. The van der Waals surface area contributed by atoms with Crippen molar-refractivity contribution in [3.8, 4) is 0 Å². The van der Waals surface area contributed by atoms with Crippen molar-refractivity contribution in [3.63, 3.8) is 0 Å². The molecular formula is C18H23N3O2S. The molecule has 0 aliphatic carbocycles. The van der Waals surface area contributed by atoms with Crippen LogP contribution in [0.25, 0.3) is 0 Å². The molecule has 2 amide bonds. The molecule has 128 valence electrons. The monoisotopic (exact) mass is 345 g/mol. The van der Waals surface area contributed by atoms with Gasteiger partial charge in [0.2, 0.25) is 11.8 Å². The van der Waals surface area contributed by atoms with E-state index >= 15 is 0 Å². The van der Waals surface area contributed by atoms with Crippen molar-refractivity contribution < 1.29 is 9.59 Å². The van der Waals surface area contributed by atoms with Gasteiger partial charge in [0.15, 0.2) is 5.13 Å². The lowest BCUT2D eigenvalue weighted by molar-refractivity contribution is -0.121. The van der Waals surface area contributed by atoms with Gasteiger partial charge in [-0.3, -0.25) is 9.59 Å². The number of rotatable bonds is 6. The molecule has 1 aromatic carbocycles. The van der Waals surface area contributed by atoms with Gasteiger partial charge >= 0.3 is 0 Å². The summed E-state index contributed by atoms with van der Waals surface area (Å²) in [4.78, 5) is 28.2. The zero-order valence-corrected chi connectivity index (χ0v) is 15.2. The molecule has 5 nitrogen and oxygen atoms in total. The zero-order chi connectivity index (χ0) is 17.7. The van der Waals surface area contributed by atoms with E-state index < -0.39 is 0 Å². The third-order valence-corrected chi connectivity index (χ3v) is 4.49. The Morgan fingerprint density at radius 2 is 1.92 bits per heavy atom. The number of thiazole rings is 1. The van der Waals surface area contributed by atoms with Crippen LogP contribution in [0.15, 0.2) is 29.6 Å². The number of carbonyl (C=O) groups excluding carboxylic acids is 2. The number of aryl methyl sites for hydroxylation is 1. The Hall–Kier alpha value is -2.21. The van der Waals surface area contributed by atoms with Crippen molar-refractivity contribution >= 4 is 28.3 Å². The summed E-state index contributed by atoms with van der Waals surface area (Å²) in [6, 6.07) is 7.94. The van der Waals surface area contributed by atoms with Gasteiger partial charge in [0, 0.05) is 11.3 Å². The molecule has 1 heterocycles. The fourth-order valence-corrected chi connectivity index (χ4v) is 3.02. The number of carbonyl (C=O) groups is 2. The van der Waals surface area contributed by atoms with Crippen molar-refractivity contribution in [2.24, 2.45) is 5.92 Å². The lowest BCUT2D eigenvalue weighted by Gasteiger charge is -2.16. The molecule has 0 saturated carbocycles. The van der Waals surface area contributed by atoms with Crippen molar-refractivity contribution in [1.82, 2.24) is 10.3 Å². The number of hydrogen-bond donors (Lipinski definition) is 2.